The number of aliphatic hydroxyl groups excluding tert-OH is 15. The maximum Gasteiger partial charge on any atom is 0.217 e. The van der Waals surface area contributed by atoms with Crippen molar-refractivity contribution in [2.45, 2.75) is 270 Å². The molecule has 0 aromatic carbocycles. The highest BCUT2D eigenvalue weighted by Crippen LogP contribution is 2.39. The summed E-state index contributed by atoms with van der Waals surface area (Å²) in [5.74, 6) is -5.63. The number of ether oxygens (including phenoxy) is 13. The maximum absolute atomic E-state index is 13.5. The van der Waals surface area contributed by atoms with Crippen LogP contribution >= 0.6 is 0 Å². The average molecular weight is 1420 g/mol. The van der Waals surface area contributed by atoms with Crippen molar-refractivity contribution in [2.75, 3.05) is 39.6 Å². The number of amides is 7. The third-order valence-corrected chi connectivity index (χ3v) is 17.3. The monoisotopic (exact) mass is 1420 g/mol. The van der Waals surface area contributed by atoms with Gasteiger partial charge in [0, 0.05) is 48.5 Å². The summed E-state index contributed by atoms with van der Waals surface area (Å²) in [6.45, 7) is 2.40. The lowest BCUT2D eigenvalue weighted by Gasteiger charge is -2.53. The lowest BCUT2D eigenvalue weighted by molar-refractivity contribution is -0.385. The van der Waals surface area contributed by atoms with Crippen LogP contribution in [-0.4, -0.2) is 372 Å². The van der Waals surface area contributed by atoms with Crippen LogP contribution in [0.3, 0.4) is 0 Å². The van der Waals surface area contributed by atoms with Gasteiger partial charge in [0.15, 0.2) is 44.0 Å². The smallest absolute Gasteiger partial charge is 0.217 e. The van der Waals surface area contributed by atoms with E-state index in [1.54, 1.807) is 0 Å². The summed E-state index contributed by atoms with van der Waals surface area (Å²) in [6.07, 6.45) is -53.0. The van der Waals surface area contributed by atoms with E-state index in [1.165, 1.54) is 6.92 Å². The molecule has 22 N–H and O–H groups in total. The van der Waals surface area contributed by atoms with Gasteiger partial charge in [0.2, 0.25) is 41.4 Å². The summed E-state index contributed by atoms with van der Waals surface area (Å²) >= 11 is 0. The molecule has 0 spiro atoms. The Kier molecular flexibility index (Phi) is 29.0. The zero-order valence-corrected chi connectivity index (χ0v) is 54.3. The van der Waals surface area contributed by atoms with Crippen LogP contribution in [0.15, 0.2) is 0 Å². The van der Waals surface area contributed by atoms with E-state index in [-0.39, 0.29) is 0 Å². The summed E-state index contributed by atoms with van der Waals surface area (Å²) in [7, 11) is 0. The predicted molar refractivity (Wildman–Crippen MR) is 312 cm³/mol. The van der Waals surface area contributed by atoms with E-state index in [2.05, 4.69) is 37.2 Å². The topological polar surface area (TPSA) is 627 Å². The SMILES string of the molecule is CC(=O)N[C@@H]1[C@@H](O[C@H]2O[C@H](CO)[C@H](O[C@H]3O[C@H](CO)[C@H](O[C@H]4O[C@H](CO)[C@H](O[C@H]5O[C@H](CO)[C@H](O[C@H]6O[C@H](CO)[C@H](O)[C@H](O)[C@H]6NC(C)=O)[C@H](O)[C@H]5NC(C)=O)[C@H](O[C@@H]5O[C@H](CO)[C@@H](O)[C@H](O)[C@H]5O)[C@H]4NC(C)=O)[C@H](O)[C@H]3NC(C)=O)[C@H](O)[C@H]2NC(C)=O)[C@H](NC(C)=O)[C@@H](C)O[C@@H]1O. The minimum absolute atomic E-state index is 0.608. The first-order valence-corrected chi connectivity index (χ1v) is 31.4. The number of nitrogens with one attached hydrogen (secondary N) is 7. The van der Waals surface area contributed by atoms with Crippen LogP contribution in [0.1, 0.15) is 55.4 Å². The first kappa shape index (κ1) is 80.5. The first-order chi connectivity index (χ1) is 46.2. The molecule has 562 valence electrons. The second kappa shape index (κ2) is 35.4. The number of rotatable bonds is 25. The van der Waals surface area contributed by atoms with Crippen LogP contribution < -0.4 is 37.2 Å². The van der Waals surface area contributed by atoms with Gasteiger partial charge < -0.3 is 175 Å². The van der Waals surface area contributed by atoms with E-state index in [0.717, 1.165) is 48.5 Å². The van der Waals surface area contributed by atoms with E-state index >= 15 is 0 Å². The van der Waals surface area contributed by atoms with Crippen molar-refractivity contribution >= 4 is 41.4 Å². The van der Waals surface area contributed by atoms with E-state index in [1.807, 2.05) is 0 Å². The van der Waals surface area contributed by atoms with Crippen molar-refractivity contribution in [3.63, 3.8) is 0 Å². The second-order valence-electron chi connectivity index (χ2n) is 24.7. The quantitative estimate of drug-likeness (QED) is 0.0404. The van der Waals surface area contributed by atoms with E-state index < -0.39 is 295 Å². The third kappa shape index (κ3) is 18.7. The molecule has 7 amide bonds. The van der Waals surface area contributed by atoms with Crippen LogP contribution in [0.25, 0.3) is 0 Å². The second-order valence-corrected chi connectivity index (χ2v) is 24.7. The normalized spacial score (nSPS) is 44.5. The Morgan fingerprint density at radius 3 is 0.878 bits per heavy atom. The molecule has 7 fully saturated rings. The average Bonchev–Trinajstić information content (AvgIpc) is 0.763. The Hall–Kier alpha value is -4.83. The molecule has 0 aromatic heterocycles. The minimum atomic E-state index is -2.24. The summed E-state index contributed by atoms with van der Waals surface area (Å²) < 4.78 is 79.4. The molecular formula is C56H93N7O35. The fourth-order valence-electron chi connectivity index (χ4n) is 12.8. The predicted octanol–water partition coefficient (Wildman–Crippen LogP) is -14.2. The Morgan fingerprint density at radius 2 is 0.520 bits per heavy atom. The molecule has 35 atom stereocenters. The first-order valence-electron chi connectivity index (χ1n) is 31.4. The van der Waals surface area contributed by atoms with Gasteiger partial charge in [0.25, 0.3) is 0 Å². The molecule has 0 unspecified atom stereocenters. The zero-order chi connectivity index (χ0) is 72.6. The van der Waals surface area contributed by atoms with Crippen molar-refractivity contribution in [1.82, 2.24) is 37.2 Å². The van der Waals surface area contributed by atoms with E-state index in [0.29, 0.717) is 0 Å². The van der Waals surface area contributed by atoms with Crippen molar-refractivity contribution < 1.29 is 172 Å². The van der Waals surface area contributed by atoms with Crippen LogP contribution in [0, 0.1) is 0 Å². The molecular weight excluding hydrogens is 1330 g/mol. The molecule has 98 heavy (non-hydrogen) atoms. The standard InChI is InChI=1S/C56H93N7O35/c1-15-29(57-16(2)70)48(34(50(85)86-15)62-21(7)75)97-54-33(61-20(6)74)41(82)45(26(12-67)91-54)94-52-31(59-18(4)72)39(80)46(27(13-68)89-52)95-55-35(63-22(8)76)49(98-56-43(84)42(83)37(78)24(10-65)88-56)47(28(14-69)92-55)96-53-32(60-19(5)73)40(81)44(25(11-66)90-53)93-51-30(58-17(3)71)38(79)36(77)23(9-64)87-51/h15,23-56,64-69,77-85H,9-14H2,1-8H3,(H,57,70)(H,58,71)(H,59,72)(H,60,73)(H,61,74)(H,62,75)(H,63,76)/t15-,23-,24-,25-,26-,27-,28-,29-,30-,31-,32-,33-,34-,35-,36+,37-,38-,39-,40-,41-,42+,43-,44+,45+,46+,47+,48+,49-,50+,51-,52-,53-,54-,55-,56+/m1/s1. The van der Waals surface area contributed by atoms with Gasteiger partial charge in [0.1, 0.15) is 158 Å². The highest BCUT2D eigenvalue weighted by Gasteiger charge is 2.60. The van der Waals surface area contributed by atoms with Gasteiger partial charge in [-0.05, 0) is 6.92 Å². The molecule has 0 aromatic rings. The summed E-state index contributed by atoms with van der Waals surface area (Å²) in [5.41, 5.74) is 0. The van der Waals surface area contributed by atoms with Crippen molar-refractivity contribution in [1.29, 1.82) is 0 Å². The number of carbonyl (C=O) groups is 7. The minimum Gasteiger partial charge on any atom is -0.394 e. The zero-order valence-electron chi connectivity index (χ0n) is 54.3. The highest BCUT2D eigenvalue weighted by atomic mass is 16.8. The molecule has 7 aliphatic heterocycles. The molecule has 7 aliphatic rings. The van der Waals surface area contributed by atoms with Crippen LogP contribution in [-0.2, 0) is 95.1 Å². The number of hydrogen-bond donors (Lipinski definition) is 22. The van der Waals surface area contributed by atoms with Crippen LogP contribution in [0.2, 0.25) is 0 Å². The fourth-order valence-corrected chi connectivity index (χ4v) is 12.8. The van der Waals surface area contributed by atoms with Gasteiger partial charge in [0.05, 0.1) is 51.8 Å². The molecule has 0 saturated carbocycles. The number of carbonyl (C=O) groups excluding carboxylic acids is 7. The lowest BCUT2D eigenvalue weighted by atomic mass is 9.92. The van der Waals surface area contributed by atoms with Gasteiger partial charge in [-0.2, -0.15) is 0 Å². The van der Waals surface area contributed by atoms with Gasteiger partial charge in [-0.15, -0.1) is 0 Å². The molecule has 0 bridgehead atoms. The lowest BCUT2D eigenvalue weighted by Crippen LogP contribution is -2.73. The van der Waals surface area contributed by atoms with Gasteiger partial charge in [-0.3, -0.25) is 33.6 Å². The molecule has 42 nitrogen and oxygen atoms in total. The largest absolute Gasteiger partial charge is 0.394 e. The van der Waals surface area contributed by atoms with Gasteiger partial charge in [-0.25, -0.2) is 0 Å². The molecule has 0 radical (unpaired) electrons. The van der Waals surface area contributed by atoms with Gasteiger partial charge >= 0.3 is 0 Å². The molecule has 7 heterocycles. The Balaban J connectivity index is 1.22. The van der Waals surface area contributed by atoms with E-state index in [4.69, 9.17) is 61.6 Å². The highest BCUT2D eigenvalue weighted by molar-refractivity contribution is 5.76. The van der Waals surface area contributed by atoms with Crippen molar-refractivity contribution in [2.24, 2.45) is 0 Å². The number of aliphatic hydroxyl groups is 15. The molecule has 42 heteroatoms. The molecule has 0 aliphatic carbocycles. The Bertz CT molecular complexity index is 2640. The van der Waals surface area contributed by atoms with E-state index in [9.17, 15) is 110 Å². The van der Waals surface area contributed by atoms with Gasteiger partial charge in [-0.1, -0.05) is 0 Å². The van der Waals surface area contributed by atoms with Crippen molar-refractivity contribution in [3.8, 4) is 0 Å². The summed E-state index contributed by atoms with van der Waals surface area (Å²) in [4.78, 5) is 89.6. The third-order valence-electron chi connectivity index (χ3n) is 17.3. The Morgan fingerprint density at radius 1 is 0.265 bits per heavy atom. The van der Waals surface area contributed by atoms with Crippen molar-refractivity contribution in [3.05, 3.63) is 0 Å². The van der Waals surface area contributed by atoms with Crippen LogP contribution in [0.5, 0.6) is 0 Å². The summed E-state index contributed by atoms with van der Waals surface area (Å²) in [5, 5.41) is 184. The summed E-state index contributed by atoms with van der Waals surface area (Å²) in [6, 6.07) is -11.6. The number of hydrogen-bond acceptors (Lipinski definition) is 35. The maximum atomic E-state index is 13.5. The Labute approximate surface area is 558 Å². The fraction of sp³-hybridized carbons (Fsp3) is 0.875. The van der Waals surface area contributed by atoms with Crippen LogP contribution in [0.4, 0.5) is 0 Å². The molecule has 7 saturated heterocycles. The molecule has 7 rings (SSSR count).